The number of fused-ring (bicyclic) bond motifs is 1. The van der Waals surface area contributed by atoms with E-state index in [4.69, 9.17) is 0 Å². The molecule has 1 amide bonds. The van der Waals surface area contributed by atoms with Crippen molar-refractivity contribution in [1.29, 1.82) is 0 Å². The van der Waals surface area contributed by atoms with Crippen LogP contribution in [0.2, 0.25) is 0 Å². The molecule has 1 aromatic rings. The first-order valence-electron chi connectivity index (χ1n) is 4.85. The van der Waals surface area contributed by atoms with Gasteiger partial charge in [-0.1, -0.05) is 15.9 Å². The second kappa shape index (κ2) is 4.26. The largest absolute Gasteiger partial charge is 0.311 e. The van der Waals surface area contributed by atoms with Crippen LogP contribution in [0.25, 0.3) is 0 Å². The van der Waals surface area contributed by atoms with Crippen molar-refractivity contribution in [2.45, 2.75) is 19.8 Å². The summed E-state index contributed by atoms with van der Waals surface area (Å²) in [6.45, 7) is 2.44. The standard InChI is InChI=1S/C11H11Br2NO/c1-7(15)14-4-2-3-8-5-9(12)6-10(13)11(8)14/h5-6H,2-4H2,1H3. The molecule has 2 rings (SSSR count). The van der Waals surface area contributed by atoms with E-state index in [0.29, 0.717) is 0 Å². The molecule has 0 bridgehead atoms. The number of nitrogens with zero attached hydrogens (tertiary/aromatic N) is 1. The van der Waals surface area contributed by atoms with Crippen molar-refractivity contribution in [3.63, 3.8) is 0 Å². The van der Waals surface area contributed by atoms with E-state index in [-0.39, 0.29) is 5.91 Å². The van der Waals surface area contributed by atoms with Crippen LogP contribution in [0.3, 0.4) is 0 Å². The van der Waals surface area contributed by atoms with E-state index in [9.17, 15) is 4.79 Å². The molecule has 0 saturated heterocycles. The van der Waals surface area contributed by atoms with Gasteiger partial charge in [0.25, 0.3) is 0 Å². The fraction of sp³-hybridized carbons (Fsp3) is 0.364. The van der Waals surface area contributed by atoms with Gasteiger partial charge in [-0.25, -0.2) is 0 Å². The lowest BCUT2D eigenvalue weighted by atomic mass is 10.0. The zero-order valence-corrected chi connectivity index (χ0v) is 11.6. The number of amides is 1. The van der Waals surface area contributed by atoms with Gasteiger partial charge in [0.05, 0.1) is 5.69 Å². The molecule has 0 radical (unpaired) electrons. The number of carbonyl (C=O) groups excluding carboxylic acids is 1. The Morgan fingerprint density at radius 3 is 2.80 bits per heavy atom. The summed E-state index contributed by atoms with van der Waals surface area (Å²) in [5, 5.41) is 0. The predicted octanol–water partition coefficient (Wildman–Crippen LogP) is 3.51. The van der Waals surface area contributed by atoms with Crippen molar-refractivity contribution in [2.75, 3.05) is 11.4 Å². The number of carbonyl (C=O) groups is 1. The second-order valence-corrected chi connectivity index (χ2v) is 5.44. The van der Waals surface area contributed by atoms with Gasteiger partial charge < -0.3 is 4.90 Å². The van der Waals surface area contributed by atoms with E-state index in [1.165, 1.54) is 5.56 Å². The monoisotopic (exact) mass is 331 g/mol. The summed E-state index contributed by atoms with van der Waals surface area (Å²) in [4.78, 5) is 13.3. The third-order valence-corrected chi connectivity index (χ3v) is 3.65. The first-order chi connectivity index (χ1) is 7.09. The van der Waals surface area contributed by atoms with E-state index in [1.807, 2.05) is 11.0 Å². The van der Waals surface area contributed by atoms with E-state index in [1.54, 1.807) is 6.92 Å². The van der Waals surface area contributed by atoms with E-state index in [0.717, 1.165) is 34.0 Å². The molecule has 1 aliphatic heterocycles. The third-order valence-electron chi connectivity index (χ3n) is 2.58. The summed E-state index contributed by atoms with van der Waals surface area (Å²) in [5.74, 6) is 0.110. The van der Waals surface area contributed by atoms with Gasteiger partial charge in [-0.2, -0.15) is 0 Å². The van der Waals surface area contributed by atoms with Gasteiger partial charge in [0.2, 0.25) is 5.91 Å². The second-order valence-electron chi connectivity index (χ2n) is 3.67. The highest BCUT2D eigenvalue weighted by molar-refractivity contribution is 9.11. The summed E-state index contributed by atoms with van der Waals surface area (Å²) < 4.78 is 2.04. The van der Waals surface area contributed by atoms with Crippen molar-refractivity contribution >= 4 is 43.5 Å². The van der Waals surface area contributed by atoms with Crippen LogP contribution in [0.15, 0.2) is 21.1 Å². The van der Waals surface area contributed by atoms with Crippen LogP contribution >= 0.6 is 31.9 Å². The minimum atomic E-state index is 0.110. The fourth-order valence-electron chi connectivity index (χ4n) is 1.97. The first-order valence-corrected chi connectivity index (χ1v) is 6.44. The average Bonchev–Trinajstić information content (AvgIpc) is 2.16. The zero-order chi connectivity index (χ0) is 11.0. The molecule has 0 unspecified atom stereocenters. The molecule has 0 aromatic heterocycles. The number of hydrogen-bond donors (Lipinski definition) is 0. The van der Waals surface area contributed by atoms with Crippen LogP contribution < -0.4 is 4.90 Å². The predicted molar refractivity (Wildman–Crippen MR) is 68.2 cm³/mol. The van der Waals surface area contributed by atoms with E-state index < -0.39 is 0 Å². The topological polar surface area (TPSA) is 20.3 Å². The highest BCUT2D eigenvalue weighted by atomic mass is 79.9. The summed E-state index contributed by atoms with van der Waals surface area (Å²) >= 11 is 6.98. The maximum atomic E-state index is 11.5. The number of hydrogen-bond acceptors (Lipinski definition) is 1. The molecule has 0 fully saturated rings. The van der Waals surface area contributed by atoms with Crippen LogP contribution in [0.4, 0.5) is 5.69 Å². The molecule has 80 valence electrons. The zero-order valence-electron chi connectivity index (χ0n) is 8.39. The fourth-order valence-corrected chi connectivity index (χ4v) is 3.49. The summed E-state index contributed by atoms with van der Waals surface area (Å²) in [7, 11) is 0. The van der Waals surface area contributed by atoms with E-state index in [2.05, 4.69) is 37.9 Å². The Morgan fingerprint density at radius 1 is 1.40 bits per heavy atom. The quantitative estimate of drug-likeness (QED) is 0.712. The third kappa shape index (κ3) is 2.11. The average molecular weight is 333 g/mol. The van der Waals surface area contributed by atoms with Gasteiger partial charge in [-0.05, 0) is 46.5 Å². The van der Waals surface area contributed by atoms with Crippen molar-refractivity contribution < 1.29 is 4.79 Å². The van der Waals surface area contributed by atoms with Gasteiger partial charge in [0, 0.05) is 22.4 Å². The number of benzene rings is 1. The van der Waals surface area contributed by atoms with Crippen molar-refractivity contribution in [3.05, 3.63) is 26.6 Å². The minimum Gasteiger partial charge on any atom is -0.311 e. The highest BCUT2D eigenvalue weighted by Crippen LogP contribution is 2.37. The van der Waals surface area contributed by atoms with Gasteiger partial charge in [-0.15, -0.1) is 0 Å². The van der Waals surface area contributed by atoms with Gasteiger partial charge in [0.1, 0.15) is 0 Å². The Morgan fingerprint density at radius 2 is 2.13 bits per heavy atom. The number of aryl methyl sites for hydroxylation is 1. The van der Waals surface area contributed by atoms with Crippen LogP contribution in [0, 0.1) is 0 Å². The molecule has 0 N–H and O–H groups in total. The molecular weight excluding hydrogens is 322 g/mol. The van der Waals surface area contributed by atoms with Crippen LogP contribution in [-0.2, 0) is 11.2 Å². The van der Waals surface area contributed by atoms with Crippen LogP contribution in [-0.4, -0.2) is 12.5 Å². The van der Waals surface area contributed by atoms with Gasteiger partial charge >= 0.3 is 0 Å². The van der Waals surface area contributed by atoms with Crippen LogP contribution in [0.1, 0.15) is 18.9 Å². The molecule has 0 aliphatic carbocycles. The van der Waals surface area contributed by atoms with Crippen molar-refractivity contribution in [3.8, 4) is 0 Å². The maximum absolute atomic E-state index is 11.5. The molecule has 0 spiro atoms. The first kappa shape index (κ1) is 11.1. The Bertz CT molecular complexity index is 417. The Balaban J connectivity index is 2.55. The highest BCUT2D eigenvalue weighted by Gasteiger charge is 2.22. The molecule has 15 heavy (non-hydrogen) atoms. The normalized spacial score (nSPS) is 15.0. The molecule has 0 saturated carbocycles. The van der Waals surface area contributed by atoms with Crippen molar-refractivity contribution in [2.24, 2.45) is 0 Å². The lowest BCUT2D eigenvalue weighted by molar-refractivity contribution is -0.116. The maximum Gasteiger partial charge on any atom is 0.223 e. The van der Waals surface area contributed by atoms with E-state index >= 15 is 0 Å². The lowest BCUT2D eigenvalue weighted by Crippen LogP contribution is -2.33. The Kier molecular flexibility index (Phi) is 3.16. The molecule has 1 heterocycles. The number of anilines is 1. The minimum absolute atomic E-state index is 0.110. The number of rotatable bonds is 0. The SMILES string of the molecule is CC(=O)N1CCCc2cc(Br)cc(Br)c21. The summed E-state index contributed by atoms with van der Waals surface area (Å²) in [5.41, 5.74) is 2.27. The van der Waals surface area contributed by atoms with Crippen molar-refractivity contribution in [1.82, 2.24) is 0 Å². The lowest BCUT2D eigenvalue weighted by Gasteiger charge is -2.29. The molecule has 2 nitrogen and oxygen atoms in total. The molecular formula is C11H11Br2NO. The van der Waals surface area contributed by atoms with Crippen LogP contribution in [0.5, 0.6) is 0 Å². The summed E-state index contributed by atoms with van der Waals surface area (Å²) in [6.07, 6.45) is 2.08. The molecule has 1 aromatic carbocycles. The molecule has 0 atom stereocenters. The molecule has 4 heteroatoms. The smallest absolute Gasteiger partial charge is 0.223 e. The summed E-state index contributed by atoms with van der Waals surface area (Å²) in [6, 6.07) is 4.08. The number of halogens is 2. The van der Waals surface area contributed by atoms with Gasteiger partial charge in [-0.3, -0.25) is 4.79 Å². The Hall–Kier alpha value is -0.350. The van der Waals surface area contributed by atoms with Gasteiger partial charge in [0.15, 0.2) is 0 Å². The molecule has 1 aliphatic rings. The Labute approximate surface area is 106 Å².